The summed E-state index contributed by atoms with van der Waals surface area (Å²) < 4.78 is 17.3. The van der Waals surface area contributed by atoms with E-state index in [2.05, 4.69) is 5.32 Å². The van der Waals surface area contributed by atoms with Crippen molar-refractivity contribution >= 4 is 29.0 Å². The number of aromatic nitrogens is 2. The van der Waals surface area contributed by atoms with Gasteiger partial charge in [-0.3, -0.25) is 4.79 Å². The molecule has 2 bridgehead atoms. The molecular formula is C29H38N4O7. The molecule has 0 spiro atoms. The van der Waals surface area contributed by atoms with Gasteiger partial charge in [0.15, 0.2) is 0 Å². The van der Waals surface area contributed by atoms with Crippen LogP contribution in [0.1, 0.15) is 65.0 Å². The SMILES string of the molecule is COc1ccc2nc3c(nc2c1)OC1CC(C(=O)O)N(C1)C(=O)[C@H](C(C)(C)C)NC(=O)OC1C[C@H]1CCCCC3. The van der Waals surface area contributed by atoms with E-state index in [1.54, 1.807) is 13.2 Å². The van der Waals surface area contributed by atoms with E-state index in [-0.39, 0.29) is 19.1 Å². The van der Waals surface area contributed by atoms with Crippen molar-refractivity contribution in [2.75, 3.05) is 13.7 Å². The lowest BCUT2D eigenvalue weighted by molar-refractivity contribution is -0.150. The number of fused-ring (bicyclic) bond motifs is 5. The molecule has 5 rings (SSSR count). The molecule has 1 saturated heterocycles. The molecule has 3 aliphatic rings. The number of aliphatic carboxylic acids is 1. The molecule has 1 aliphatic carbocycles. The lowest BCUT2D eigenvalue weighted by Gasteiger charge is -2.34. The molecule has 11 nitrogen and oxygen atoms in total. The first-order valence-electron chi connectivity index (χ1n) is 14.0. The Kier molecular flexibility index (Phi) is 7.74. The van der Waals surface area contributed by atoms with Crippen LogP contribution in [-0.4, -0.2) is 75.9 Å². The molecule has 2 amide bonds. The van der Waals surface area contributed by atoms with Crippen LogP contribution in [0.4, 0.5) is 4.79 Å². The van der Waals surface area contributed by atoms with E-state index in [9.17, 15) is 19.5 Å². The van der Waals surface area contributed by atoms with Gasteiger partial charge in [0.05, 0.1) is 24.7 Å². The number of carboxylic acid groups (broad SMARTS) is 1. The van der Waals surface area contributed by atoms with Crippen molar-refractivity contribution in [2.24, 2.45) is 11.3 Å². The van der Waals surface area contributed by atoms with E-state index >= 15 is 0 Å². The summed E-state index contributed by atoms with van der Waals surface area (Å²) in [6.45, 7) is 5.52. The molecule has 1 saturated carbocycles. The van der Waals surface area contributed by atoms with Gasteiger partial charge in [-0.1, -0.05) is 33.6 Å². The van der Waals surface area contributed by atoms with Crippen molar-refractivity contribution in [3.8, 4) is 11.6 Å². The van der Waals surface area contributed by atoms with E-state index < -0.39 is 41.6 Å². The fraction of sp³-hybridized carbons (Fsp3) is 0.621. The smallest absolute Gasteiger partial charge is 0.408 e. The minimum Gasteiger partial charge on any atom is -0.497 e. The number of benzene rings is 1. The van der Waals surface area contributed by atoms with Gasteiger partial charge in [-0.25, -0.2) is 19.6 Å². The Labute approximate surface area is 233 Å². The van der Waals surface area contributed by atoms with Gasteiger partial charge in [-0.05, 0) is 49.1 Å². The number of hydrogen-bond acceptors (Lipinski definition) is 8. The zero-order valence-electron chi connectivity index (χ0n) is 23.5. The van der Waals surface area contributed by atoms with Crippen molar-refractivity contribution in [1.82, 2.24) is 20.2 Å². The van der Waals surface area contributed by atoms with E-state index in [0.29, 0.717) is 35.2 Å². The second-order valence-electron chi connectivity index (χ2n) is 12.1. The Bertz CT molecular complexity index is 1290. The third-order valence-corrected chi connectivity index (χ3v) is 8.00. The van der Waals surface area contributed by atoms with Gasteiger partial charge in [-0.15, -0.1) is 0 Å². The number of hydrogen-bond donors (Lipinski definition) is 2. The zero-order chi connectivity index (χ0) is 28.6. The average Bonchev–Trinajstić information content (AvgIpc) is 3.48. The van der Waals surface area contributed by atoms with Gasteiger partial charge in [0.2, 0.25) is 11.8 Å². The number of carbonyl (C=O) groups is 3. The monoisotopic (exact) mass is 554 g/mol. The average molecular weight is 555 g/mol. The predicted molar refractivity (Wildman–Crippen MR) is 145 cm³/mol. The summed E-state index contributed by atoms with van der Waals surface area (Å²) in [5.74, 6) is -0.301. The fourth-order valence-electron chi connectivity index (χ4n) is 5.60. The molecule has 3 heterocycles. The molecule has 2 aliphatic heterocycles. The standard InChI is InChI=1S/C29H38N4O7/c1-29(2,3)24-26(34)33-15-18(14-22(33)27(35)36)39-25-20(30-19-11-10-17(38-4)13-21(19)31-25)9-7-5-6-8-16-12-23(16)40-28(37)32-24/h10-11,13,16,18,22-24H,5-9,12,14-15H2,1-4H3,(H,32,37)(H,35,36)/t16-,18?,22?,23?,24-/m1/s1. The highest BCUT2D eigenvalue weighted by molar-refractivity contribution is 5.90. The number of amides is 2. The van der Waals surface area contributed by atoms with Crippen molar-refractivity contribution in [3.05, 3.63) is 23.9 Å². The van der Waals surface area contributed by atoms with Crippen LogP contribution in [-0.2, 0) is 20.7 Å². The quantitative estimate of drug-likeness (QED) is 0.568. The highest BCUT2D eigenvalue weighted by Gasteiger charge is 2.47. The maximum Gasteiger partial charge on any atom is 0.408 e. The Hall–Kier alpha value is -3.63. The number of carboxylic acids is 1. The van der Waals surface area contributed by atoms with Crippen molar-refractivity contribution in [2.45, 2.75) is 90.0 Å². The topological polar surface area (TPSA) is 140 Å². The number of aryl methyl sites for hydroxylation is 1. The van der Waals surface area contributed by atoms with Gasteiger partial charge < -0.3 is 29.5 Å². The molecule has 2 N–H and O–H groups in total. The molecular weight excluding hydrogens is 516 g/mol. The van der Waals surface area contributed by atoms with Crippen LogP contribution >= 0.6 is 0 Å². The largest absolute Gasteiger partial charge is 0.497 e. The molecule has 5 atom stereocenters. The number of rotatable bonds is 2. The number of carbonyl (C=O) groups excluding carboxylic acids is 2. The summed E-state index contributed by atoms with van der Waals surface area (Å²) in [5.41, 5.74) is 1.36. The molecule has 1 aromatic carbocycles. The van der Waals surface area contributed by atoms with E-state index in [4.69, 9.17) is 24.2 Å². The zero-order valence-corrected chi connectivity index (χ0v) is 23.5. The van der Waals surface area contributed by atoms with Gasteiger partial charge in [0.25, 0.3) is 0 Å². The van der Waals surface area contributed by atoms with Gasteiger partial charge >= 0.3 is 12.1 Å². The molecule has 40 heavy (non-hydrogen) atoms. The van der Waals surface area contributed by atoms with Gasteiger partial charge in [0.1, 0.15) is 35.7 Å². The first-order chi connectivity index (χ1) is 19.0. The molecule has 11 heteroatoms. The minimum atomic E-state index is -1.13. The highest BCUT2D eigenvalue weighted by atomic mass is 16.6. The number of ether oxygens (including phenoxy) is 3. The van der Waals surface area contributed by atoms with Crippen LogP contribution in [0.15, 0.2) is 18.2 Å². The first-order valence-corrected chi connectivity index (χ1v) is 14.0. The second kappa shape index (κ2) is 11.1. The van der Waals surface area contributed by atoms with Crippen molar-refractivity contribution < 1.29 is 33.7 Å². The third kappa shape index (κ3) is 6.08. The normalized spacial score (nSPS) is 27.8. The van der Waals surface area contributed by atoms with E-state index in [1.807, 2.05) is 32.9 Å². The first kappa shape index (κ1) is 27.9. The van der Waals surface area contributed by atoms with Crippen molar-refractivity contribution in [1.29, 1.82) is 0 Å². The molecule has 2 aromatic rings. The Morgan fingerprint density at radius 2 is 1.90 bits per heavy atom. The van der Waals surface area contributed by atoms with Gasteiger partial charge in [0, 0.05) is 12.5 Å². The summed E-state index contributed by atoms with van der Waals surface area (Å²) in [6, 6.07) is 3.40. The second-order valence-corrected chi connectivity index (χ2v) is 12.1. The minimum absolute atomic E-state index is 0.0427. The predicted octanol–water partition coefficient (Wildman–Crippen LogP) is 3.72. The van der Waals surface area contributed by atoms with Crippen molar-refractivity contribution in [3.63, 3.8) is 0 Å². The van der Waals surface area contributed by atoms with Gasteiger partial charge in [-0.2, -0.15) is 0 Å². The lowest BCUT2D eigenvalue weighted by Crippen LogP contribution is -2.57. The van der Waals surface area contributed by atoms with Crippen LogP contribution in [0.25, 0.3) is 11.0 Å². The molecule has 216 valence electrons. The number of methoxy groups -OCH3 is 1. The summed E-state index contributed by atoms with van der Waals surface area (Å²) in [7, 11) is 1.58. The Morgan fingerprint density at radius 1 is 1.10 bits per heavy atom. The number of nitrogens with zero attached hydrogens (tertiary/aromatic N) is 3. The van der Waals surface area contributed by atoms with E-state index in [1.165, 1.54) is 4.90 Å². The van der Waals surface area contributed by atoms with Crippen LogP contribution in [0.2, 0.25) is 0 Å². The maximum absolute atomic E-state index is 13.8. The van der Waals surface area contributed by atoms with Crippen LogP contribution < -0.4 is 14.8 Å². The highest BCUT2D eigenvalue weighted by Crippen LogP contribution is 2.39. The number of nitrogens with one attached hydrogen (secondary N) is 1. The van der Waals surface area contributed by atoms with Crippen LogP contribution in [0.3, 0.4) is 0 Å². The fourth-order valence-corrected chi connectivity index (χ4v) is 5.60. The van der Waals surface area contributed by atoms with Crippen LogP contribution in [0, 0.1) is 11.3 Å². The molecule has 1 aromatic heterocycles. The Balaban J connectivity index is 1.48. The lowest BCUT2D eigenvalue weighted by atomic mass is 9.85. The summed E-state index contributed by atoms with van der Waals surface area (Å²) in [5, 5.41) is 12.7. The maximum atomic E-state index is 13.8. The summed E-state index contributed by atoms with van der Waals surface area (Å²) >= 11 is 0. The molecule has 2 fully saturated rings. The summed E-state index contributed by atoms with van der Waals surface area (Å²) in [6.07, 6.45) is 3.97. The summed E-state index contributed by atoms with van der Waals surface area (Å²) in [4.78, 5) is 49.7. The number of alkyl carbamates (subject to hydrolysis) is 1. The molecule has 3 unspecified atom stereocenters. The van der Waals surface area contributed by atoms with E-state index in [0.717, 1.165) is 37.6 Å². The van der Waals surface area contributed by atoms with Crippen LogP contribution in [0.5, 0.6) is 11.6 Å². The molecule has 0 radical (unpaired) electrons. The third-order valence-electron chi connectivity index (χ3n) is 8.00. The Morgan fingerprint density at radius 3 is 2.62 bits per heavy atom.